The summed E-state index contributed by atoms with van der Waals surface area (Å²) in [5, 5.41) is 4.20. The lowest BCUT2D eigenvalue weighted by atomic mass is 10.1. The Morgan fingerprint density at radius 3 is 2.44 bits per heavy atom. The number of benzene rings is 2. The molecule has 1 saturated heterocycles. The van der Waals surface area contributed by atoms with E-state index in [1.807, 2.05) is 36.1 Å². The summed E-state index contributed by atoms with van der Waals surface area (Å²) in [4.78, 5) is 21.8. The molecule has 3 aromatic rings. The highest BCUT2D eigenvalue weighted by molar-refractivity contribution is 5.95. The Labute approximate surface area is 189 Å². The van der Waals surface area contributed by atoms with Crippen molar-refractivity contribution >= 4 is 5.91 Å². The number of aromatic nitrogens is 2. The smallest absolute Gasteiger partial charge is 0.254 e. The van der Waals surface area contributed by atoms with Crippen molar-refractivity contribution in [2.24, 2.45) is 0 Å². The summed E-state index contributed by atoms with van der Waals surface area (Å²) < 4.78 is 5.52. The summed E-state index contributed by atoms with van der Waals surface area (Å²) in [6.07, 6.45) is 4.82. The average Bonchev–Trinajstić information content (AvgIpc) is 3.52. The van der Waals surface area contributed by atoms with Gasteiger partial charge in [0, 0.05) is 49.8 Å². The van der Waals surface area contributed by atoms with Gasteiger partial charge in [-0.05, 0) is 37.0 Å². The molecule has 0 bridgehead atoms. The largest absolute Gasteiger partial charge is 0.339 e. The normalized spacial score (nSPS) is 17.7. The van der Waals surface area contributed by atoms with Crippen LogP contribution >= 0.6 is 0 Å². The first kappa shape index (κ1) is 20.9. The predicted octanol–water partition coefficient (Wildman–Crippen LogP) is 4.66. The van der Waals surface area contributed by atoms with Crippen molar-refractivity contribution in [2.45, 2.75) is 45.1 Å². The lowest BCUT2D eigenvalue weighted by Gasteiger charge is -2.35. The maximum absolute atomic E-state index is 12.8. The minimum atomic E-state index is 0.143. The van der Waals surface area contributed by atoms with Gasteiger partial charge in [0.15, 0.2) is 0 Å². The van der Waals surface area contributed by atoms with Gasteiger partial charge < -0.3 is 9.42 Å². The highest BCUT2D eigenvalue weighted by Crippen LogP contribution is 2.33. The summed E-state index contributed by atoms with van der Waals surface area (Å²) >= 11 is 0. The maximum Gasteiger partial charge on any atom is 0.254 e. The van der Waals surface area contributed by atoms with Crippen LogP contribution in [0.25, 0.3) is 11.4 Å². The van der Waals surface area contributed by atoms with Crippen molar-refractivity contribution in [3.63, 3.8) is 0 Å². The molecule has 1 aliphatic heterocycles. The van der Waals surface area contributed by atoms with E-state index in [0.717, 1.165) is 68.1 Å². The van der Waals surface area contributed by atoms with E-state index >= 15 is 0 Å². The molecule has 166 valence electrons. The van der Waals surface area contributed by atoms with Crippen LogP contribution in [0.1, 0.15) is 59.0 Å². The summed E-state index contributed by atoms with van der Waals surface area (Å²) in [7, 11) is 0. The minimum Gasteiger partial charge on any atom is -0.339 e. The predicted molar refractivity (Wildman–Crippen MR) is 123 cm³/mol. The van der Waals surface area contributed by atoms with E-state index in [2.05, 4.69) is 39.3 Å². The molecule has 5 rings (SSSR count). The third-order valence-corrected chi connectivity index (χ3v) is 6.80. The van der Waals surface area contributed by atoms with E-state index in [1.54, 1.807) is 0 Å². The highest BCUT2D eigenvalue weighted by atomic mass is 16.5. The highest BCUT2D eigenvalue weighted by Gasteiger charge is 2.24. The second-order valence-electron chi connectivity index (χ2n) is 9.02. The molecule has 2 heterocycles. The van der Waals surface area contributed by atoms with Gasteiger partial charge >= 0.3 is 0 Å². The SMILES string of the molecule is Cc1ccccc1C(=O)N1CCN(Cc2ccc(-c3noc(C4CCCC4)n3)cc2)CC1. The van der Waals surface area contributed by atoms with Crippen LogP contribution in [0.4, 0.5) is 0 Å². The molecule has 6 heteroatoms. The summed E-state index contributed by atoms with van der Waals surface area (Å²) in [6.45, 7) is 6.17. The van der Waals surface area contributed by atoms with Gasteiger partial charge in [-0.25, -0.2) is 0 Å². The van der Waals surface area contributed by atoms with Crippen LogP contribution in [0.3, 0.4) is 0 Å². The van der Waals surface area contributed by atoms with Crippen LogP contribution in [-0.4, -0.2) is 52.0 Å². The van der Waals surface area contributed by atoms with E-state index in [4.69, 9.17) is 4.52 Å². The van der Waals surface area contributed by atoms with Gasteiger partial charge in [0.2, 0.25) is 11.7 Å². The standard InChI is InChI=1S/C26H30N4O2/c1-19-6-2-5-9-23(19)26(31)30-16-14-29(15-17-30)18-20-10-12-21(13-11-20)24-27-25(32-28-24)22-7-3-4-8-22/h2,5-6,9-13,22H,3-4,7-8,14-18H2,1H3. The molecule has 2 aromatic carbocycles. The van der Waals surface area contributed by atoms with Gasteiger partial charge in [-0.1, -0.05) is 60.5 Å². The van der Waals surface area contributed by atoms with Gasteiger partial charge in [-0.2, -0.15) is 4.98 Å². The topological polar surface area (TPSA) is 62.5 Å². The molecule has 0 radical (unpaired) electrons. The zero-order valence-corrected chi connectivity index (χ0v) is 18.7. The zero-order chi connectivity index (χ0) is 21.9. The maximum atomic E-state index is 12.8. The Bertz CT molecular complexity index is 1060. The summed E-state index contributed by atoms with van der Waals surface area (Å²) in [5.41, 5.74) is 4.11. The Morgan fingerprint density at radius 1 is 1.00 bits per heavy atom. The Morgan fingerprint density at radius 2 is 1.72 bits per heavy atom. The Balaban J connectivity index is 1.16. The van der Waals surface area contributed by atoms with Crippen molar-refractivity contribution in [1.29, 1.82) is 0 Å². The third kappa shape index (κ3) is 4.46. The lowest BCUT2D eigenvalue weighted by Crippen LogP contribution is -2.48. The Hall–Kier alpha value is -2.99. The molecule has 0 unspecified atom stereocenters. The molecule has 1 amide bonds. The van der Waals surface area contributed by atoms with Crippen molar-refractivity contribution in [1.82, 2.24) is 19.9 Å². The van der Waals surface area contributed by atoms with Crippen LogP contribution in [0, 0.1) is 6.92 Å². The molecule has 1 aliphatic carbocycles. The van der Waals surface area contributed by atoms with E-state index in [0.29, 0.717) is 11.7 Å². The molecule has 0 N–H and O–H groups in total. The number of nitrogens with zero attached hydrogens (tertiary/aromatic N) is 4. The fourth-order valence-corrected chi connectivity index (χ4v) is 4.80. The number of carbonyl (C=O) groups is 1. The zero-order valence-electron chi connectivity index (χ0n) is 18.7. The van der Waals surface area contributed by atoms with Crippen LogP contribution in [0.2, 0.25) is 0 Å². The first-order chi connectivity index (χ1) is 15.7. The average molecular weight is 431 g/mol. The molecule has 2 fully saturated rings. The van der Waals surface area contributed by atoms with Crippen LogP contribution in [0.15, 0.2) is 53.1 Å². The molecule has 6 nitrogen and oxygen atoms in total. The lowest BCUT2D eigenvalue weighted by molar-refractivity contribution is 0.0628. The van der Waals surface area contributed by atoms with Gasteiger partial charge in [-0.15, -0.1) is 0 Å². The summed E-state index contributed by atoms with van der Waals surface area (Å²) in [5.74, 6) is 2.05. The van der Waals surface area contributed by atoms with Crippen molar-refractivity contribution < 1.29 is 9.32 Å². The quantitative estimate of drug-likeness (QED) is 0.589. The van der Waals surface area contributed by atoms with Gasteiger partial charge in [0.25, 0.3) is 5.91 Å². The molecule has 0 spiro atoms. The van der Waals surface area contributed by atoms with Gasteiger partial charge in [0.1, 0.15) is 0 Å². The van der Waals surface area contributed by atoms with Crippen LogP contribution in [-0.2, 0) is 6.54 Å². The molecule has 1 aromatic heterocycles. The molecule has 2 aliphatic rings. The van der Waals surface area contributed by atoms with Gasteiger partial charge in [-0.3, -0.25) is 9.69 Å². The van der Waals surface area contributed by atoms with Crippen molar-refractivity contribution in [3.05, 3.63) is 71.1 Å². The van der Waals surface area contributed by atoms with Crippen LogP contribution in [0.5, 0.6) is 0 Å². The number of rotatable bonds is 5. The minimum absolute atomic E-state index is 0.143. The number of piperazine rings is 1. The number of hydrogen-bond donors (Lipinski definition) is 0. The molecule has 0 atom stereocenters. The van der Waals surface area contributed by atoms with E-state index in [9.17, 15) is 4.79 Å². The fraction of sp³-hybridized carbons (Fsp3) is 0.423. The van der Waals surface area contributed by atoms with Crippen molar-refractivity contribution in [2.75, 3.05) is 26.2 Å². The molecular weight excluding hydrogens is 400 g/mol. The Kier molecular flexibility index (Phi) is 6.04. The number of amides is 1. The first-order valence-electron chi connectivity index (χ1n) is 11.7. The summed E-state index contributed by atoms with van der Waals surface area (Å²) in [6, 6.07) is 16.3. The van der Waals surface area contributed by atoms with Gasteiger partial charge in [0.05, 0.1) is 0 Å². The van der Waals surface area contributed by atoms with E-state index in [-0.39, 0.29) is 5.91 Å². The second-order valence-corrected chi connectivity index (χ2v) is 9.02. The van der Waals surface area contributed by atoms with E-state index < -0.39 is 0 Å². The molecule has 1 saturated carbocycles. The first-order valence-corrected chi connectivity index (χ1v) is 11.7. The number of carbonyl (C=O) groups excluding carboxylic acids is 1. The number of aryl methyl sites for hydroxylation is 1. The van der Waals surface area contributed by atoms with Crippen molar-refractivity contribution in [3.8, 4) is 11.4 Å². The molecule has 32 heavy (non-hydrogen) atoms. The fourth-order valence-electron chi connectivity index (χ4n) is 4.80. The van der Waals surface area contributed by atoms with E-state index in [1.165, 1.54) is 18.4 Å². The van der Waals surface area contributed by atoms with Crippen LogP contribution < -0.4 is 0 Å². The second kappa shape index (κ2) is 9.25. The number of hydrogen-bond acceptors (Lipinski definition) is 5. The monoisotopic (exact) mass is 430 g/mol. The third-order valence-electron chi connectivity index (χ3n) is 6.80. The molecular formula is C26H30N4O2.